The Morgan fingerprint density at radius 3 is 2.39 bits per heavy atom. The number of aromatic nitrogens is 2. The molecule has 0 saturated carbocycles. The first-order valence-corrected chi connectivity index (χ1v) is 8.91. The van der Waals surface area contributed by atoms with Crippen molar-refractivity contribution in [2.24, 2.45) is 0 Å². The van der Waals surface area contributed by atoms with Gasteiger partial charge in [0.25, 0.3) is 5.91 Å². The van der Waals surface area contributed by atoms with E-state index >= 15 is 0 Å². The maximum Gasteiger partial charge on any atom is 0.270 e. The van der Waals surface area contributed by atoms with Crippen molar-refractivity contribution >= 4 is 17.4 Å². The van der Waals surface area contributed by atoms with Gasteiger partial charge < -0.3 is 20.1 Å². The summed E-state index contributed by atoms with van der Waals surface area (Å²) in [4.78, 5) is 20.6. The summed E-state index contributed by atoms with van der Waals surface area (Å²) in [5, 5.41) is 6.01. The van der Waals surface area contributed by atoms with Gasteiger partial charge in [-0.1, -0.05) is 12.1 Å². The summed E-state index contributed by atoms with van der Waals surface area (Å²) in [7, 11) is 1.62. The van der Waals surface area contributed by atoms with Crippen molar-refractivity contribution in [2.45, 2.75) is 13.5 Å². The van der Waals surface area contributed by atoms with Crippen molar-refractivity contribution in [3.8, 4) is 11.5 Å². The molecule has 0 radical (unpaired) electrons. The second-order valence-electron chi connectivity index (χ2n) is 5.90. The van der Waals surface area contributed by atoms with Crippen molar-refractivity contribution < 1.29 is 14.3 Å². The highest BCUT2D eigenvalue weighted by Gasteiger charge is 2.09. The highest BCUT2D eigenvalue weighted by Crippen LogP contribution is 2.19. The van der Waals surface area contributed by atoms with E-state index in [4.69, 9.17) is 9.47 Å². The zero-order valence-corrected chi connectivity index (χ0v) is 15.8. The van der Waals surface area contributed by atoms with E-state index in [0.717, 1.165) is 22.7 Å². The number of amides is 1. The second kappa shape index (κ2) is 9.36. The molecule has 1 amide bonds. The fourth-order valence-corrected chi connectivity index (χ4v) is 2.52. The van der Waals surface area contributed by atoms with Crippen molar-refractivity contribution in [2.75, 3.05) is 19.0 Å². The number of anilines is 2. The third-order valence-electron chi connectivity index (χ3n) is 3.95. The minimum Gasteiger partial charge on any atom is -0.497 e. The molecule has 2 aromatic carbocycles. The van der Waals surface area contributed by atoms with Crippen molar-refractivity contribution in [1.29, 1.82) is 0 Å². The van der Waals surface area contributed by atoms with E-state index in [1.54, 1.807) is 13.2 Å². The summed E-state index contributed by atoms with van der Waals surface area (Å²) in [6.45, 7) is 2.95. The Balaban J connectivity index is 1.60. The predicted molar refractivity (Wildman–Crippen MR) is 107 cm³/mol. The van der Waals surface area contributed by atoms with E-state index < -0.39 is 0 Å². The first-order chi connectivity index (χ1) is 13.7. The molecule has 3 aromatic rings. The maximum absolute atomic E-state index is 12.4. The molecule has 0 saturated heterocycles. The van der Waals surface area contributed by atoms with Crippen LogP contribution in [0.2, 0.25) is 0 Å². The van der Waals surface area contributed by atoms with Crippen molar-refractivity contribution in [1.82, 2.24) is 15.3 Å². The number of benzene rings is 2. The van der Waals surface area contributed by atoms with Crippen LogP contribution >= 0.6 is 0 Å². The van der Waals surface area contributed by atoms with Gasteiger partial charge in [0.1, 0.15) is 29.3 Å². The minimum absolute atomic E-state index is 0.270. The van der Waals surface area contributed by atoms with Gasteiger partial charge in [-0.05, 0) is 48.9 Å². The zero-order chi connectivity index (χ0) is 19.8. The van der Waals surface area contributed by atoms with Crippen molar-refractivity contribution in [3.05, 3.63) is 72.2 Å². The first-order valence-electron chi connectivity index (χ1n) is 8.91. The van der Waals surface area contributed by atoms with Crippen LogP contribution in [0.1, 0.15) is 23.0 Å². The van der Waals surface area contributed by atoms with Gasteiger partial charge in [-0.25, -0.2) is 9.97 Å². The topological polar surface area (TPSA) is 85.4 Å². The highest BCUT2D eigenvalue weighted by atomic mass is 16.5. The standard InChI is InChI=1S/C21H22N4O3/c1-3-28-18-10-6-16(7-11-18)25-20-12-19(23-14-24-20)21(26)22-13-15-4-8-17(27-2)9-5-15/h4-12,14H,3,13H2,1-2H3,(H,22,26)(H,23,24,25). The SMILES string of the molecule is CCOc1ccc(Nc2cc(C(=O)NCc3ccc(OC)cc3)ncn2)cc1. The number of rotatable bonds is 8. The van der Waals surface area contributed by atoms with Gasteiger partial charge in [0.15, 0.2) is 0 Å². The van der Waals surface area contributed by atoms with Crippen LogP contribution in [-0.2, 0) is 6.54 Å². The summed E-state index contributed by atoms with van der Waals surface area (Å²) in [5.74, 6) is 1.84. The second-order valence-corrected chi connectivity index (χ2v) is 5.90. The third kappa shape index (κ3) is 5.20. The molecule has 1 aromatic heterocycles. The Hall–Kier alpha value is -3.61. The number of methoxy groups -OCH3 is 1. The smallest absolute Gasteiger partial charge is 0.270 e. The largest absolute Gasteiger partial charge is 0.497 e. The molecule has 0 aliphatic rings. The summed E-state index contributed by atoms with van der Waals surface area (Å²) in [5.41, 5.74) is 2.10. The number of nitrogens with zero attached hydrogens (tertiary/aromatic N) is 2. The summed E-state index contributed by atoms with van der Waals surface area (Å²) in [6, 6.07) is 16.6. The van der Waals surface area contributed by atoms with Crippen molar-refractivity contribution in [3.63, 3.8) is 0 Å². The number of hydrogen-bond acceptors (Lipinski definition) is 6. The molecule has 0 aliphatic carbocycles. The van der Waals surface area contributed by atoms with Gasteiger partial charge in [-0.15, -0.1) is 0 Å². The first kappa shape index (κ1) is 19.2. The van der Waals surface area contributed by atoms with Gasteiger partial charge in [0, 0.05) is 18.3 Å². The lowest BCUT2D eigenvalue weighted by Crippen LogP contribution is -2.24. The quantitative estimate of drug-likeness (QED) is 0.623. The molecule has 3 rings (SSSR count). The lowest BCUT2D eigenvalue weighted by Gasteiger charge is -2.09. The molecule has 0 atom stereocenters. The molecular weight excluding hydrogens is 356 g/mol. The molecule has 2 N–H and O–H groups in total. The van der Waals surface area contributed by atoms with Crippen LogP contribution in [0.15, 0.2) is 60.9 Å². The van der Waals surface area contributed by atoms with Crippen LogP contribution in [0.5, 0.6) is 11.5 Å². The van der Waals surface area contributed by atoms with Crippen LogP contribution in [0.4, 0.5) is 11.5 Å². The molecule has 7 heteroatoms. The Kier molecular flexibility index (Phi) is 6.41. The summed E-state index contributed by atoms with van der Waals surface area (Å²) >= 11 is 0. The molecule has 7 nitrogen and oxygen atoms in total. The fourth-order valence-electron chi connectivity index (χ4n) is 2.52. The minimum atomic E-state index is -0.270. The van der Waals surface area contributed by atoms with Crippen LogP contribution < -0.4 is 20.1 Å². The number of hydrogen-bond donors (Lipinski definition) is 2. The van der Waals surface area contributed by atoms with Gasteiger partial charge in [0.05, 0.1) is 13.7 Å². The molecule has 0 aliphatic heterocycles. The molecule has 0 unspecified atom stereocenters. The third-order valence-corrected chi connectivity index (χ3v) is 3.95. The van der Waals surface area contributed by atoms with Gasteiger partial charge in [-0.3, -0.25) is 4.79 Å². The molecule has 28 heavy (non-hydrogen) atoms. The lowest BCUT2D eigenvalue weighted by atomic mass is 10.2. The van der Waals surface area contributed by atoms with E-state index in [2.05, 4.69) is 20.6 Å². The average molecular weight is 378 g/mol. The molecular formula is C21H22N4O3. The molecule has 1 heterocycles. The molecule has 144 valence electrons. The van der Waals surface area contributed by atoms with Gasteiger partial charge in [-0.2, -0.15) is 0 Å². The van der Waals surface area contributed by atoms with Crippen LogP contribution in [0, 0.1) is 0 Å². The normalized spacial score (nSPS) is 10.2. The van der Waals surface area contributed by atoms with Gasteiger partial charge >= 0.3 is 0 Å². The number of carbonyl (C=O) groups excluding carboxylic acids is 1. The van der Waals surface area contributed by atoms with E-state index in [-0.39, 0.29) is 11.6 Å². The fraction of sp³-hybridized carbons (Fsp3) is 0.190. The summed E-state index contributed by atoms with van der Waals surface area (Å²) in [6.07, 6.45) is 1.36. The molecule has 0 fully saturated rings. The van der Waals surface area contributed by atoms with Gasteiger partial charge in [0.2, 0.25) is 0 Å². The maximum atomic E-state index is 12.4. The zero-order valence-electron chi connectivity index (χ0n) is 15.8. The van der Waals surface area contributed by atoms with E-state index in [1.807, 2.05) is 55.5 Å². The molecule has 0 spiro atoms. The highest BCUT2D eigenvalue weighted by molar-refractivity contribution is 5.92. The predicted octanol–water partition coefficient (Wildman–Crippen LogP) is 3.56. The lowest BCUT2D eigenvalue weighted by molar-refractivity contribution is 0.0946. The van der Waals surface area contributed by atoms with Crippen LogP contribution in [-0.4, -0.2) is 29.6 Å². The number of ether oxygens (including phenoxy) is 2. The number of nitrogens with one attached hydrogen (secondary N) is 2. The average Bonchev–Trinajstić information content (AvgIpc) is 2.74. The van der Waals surface area contributed by atoms with Crippen LogP contribution in [0.3, 0.4) is 0 Å². The Labute approximate surface area is 163 Å². The summed E-state index contributed by atoms with van der Waals surface area (Å²) < 4.78 is 10.6. The van der Waals surface area contributed by atoms with E-state index in [9.17, 15) is 4.79 Å². The van der Waals surface area contributed by atoms with Crippen LogP contribution in [0.25, 0.3) is 0 Å². The molecule has 0 bridgehead atoms. The van der Waals surface area contributed by atoms with E-state index in [1.165, 1.54) is 6.33 Å². The Bertz CT molecular complexity index is 912. The Morgan fingerprint density at radius 2 is 1.71 bits per heavy atom. The Morgan fingerprint density at radius 1 is 1.00 bits per heavy atom. The number of carbonyl (C=O) groups is 1. The van der Waals surface area contributed by atoms with E-state index in [0.29, 0.717) is 19.0 Å². The monoisotopic (exact) mass is 378 g/mol.